The fraction of sp³-hybridized carbons (Fsp3) is 0.481. The highest BCUT2D eigenvalue weighted by Crippen LogP contribution is 2.37. The second-order valence-corrected chi connectivity index (χ2v) is 11.0. The second-order valence-electron chi connectivity index (χ2n) is 10.1. The summed E-state index contributed by atoms with van der Waals surface area (Å²) in [5, 5.41) is 5.33. The van der Waals surface area contributed by atoms with Crippen LogP contribution < -0.4 is 14.8 Å². The molecule has 0 spiro atoms. The molecule has 0 saturated heterocycles. The number of hydrogen-bond donors (Lipinski definition) is 1. The molecule has 1 aromatic carbocycles. The zero-order chi connectivity index (χ0) is 24.7. The van der Waals surface area contributed by atoms with E-state index < -0.39 is 5.54 Å². The molecule has 1 N–H and O–H groups in total. The number of nitrogens with one attached hydrogen (secondary N) is 1. The Morgan fingerprint density at radius 3 is 2.57 bits per heavy atom. The minimum absolute atomic E-state index is 0.0893. The molecule has 3 aromatic rings. The van der Waals surface area contributed by atoms with Gasteiger partial charge < -0.3 is 24.3 Å². The fourth-order valence-corrected chi connectivity index (χ4v) is 6.25. The highest BCUT2D eigenvalue weighted by Gasteiger charge is 2.48. The van der Waals surface area contributed by atoms with Crippen molar-refractivity contribution < 1.29 is 19.1 Å². The van der Waals surface area contributed by atoms with Crippen LogP contribution in [0, 0.1) is 5.92 Å². The molecule has 0 bridgehead atoms. The van der Waals surface area contributed by atoms with Gasteiger partial charge in [0, 0.05) is 12.6 Å². The number of thiophene rings is 1. The van der Waals surface area contributed by atoms with Crippen LogP contribution in [0.2, 0.25) is 0 Å². The largest absolute Gasteiger partial charge is 0.493 e. The molecule has 8 heteroatoms. The Morgan fingerprint density at radius 2 is 1.86 bits per heavy atom. The first-order valence-electron chi connectivity index (χ1n) is 12.2. The van der Waals surface area contributed by atoms with E-state index in [0.717, 1.165) is 41.5 Å². The van der Waals surface area contributed by atoms with Crippen LogP contribution in [-0.2, 0) is 17.9 Å². The van der Waals surface area contributed by atoms with Gasteiger partial charge in [0.05, 0.1) is 31.0 Å². The lowest BCUT2D eigenvalue weighted by atomic mass is 9.86. The molecule has 2 aromatic heterocycles. The zero-order valence-corrected chi connectivity index (χ0v) is 21.6. The summed E-state index contributed by atoms with van der Waals surface area (Å²) in [7, 11) is 3.19. The van der Waals surface area contributed by atoms with Crippen LogP contribution in [-0.4, -0.2) is 47.1 Å². The monoisotopic (exact) mass is 495 g/mol. The number of hydrogen-bond acceptors (Lipinski definition) is 5. The van der Waals surface area contributed by atoms with Crippen LogP contribution in [0.15, 0.2) is 35.7 Å². The van der Waals surface area contributed by atoms with E-state index in [-0.39, 0.29) is 17.9 Å². The van der Waals surface area contributed by atoms with Gasteiger partial charge in [0.25, 0.3) is 5.91 Å². The smallest absolute Gasteiger partial charge is 0.271 e. The zero-order valence-electron chi connectivity index (χ0n) is 20.8. The van der Waals surface area contributed by atoms with Gasteiger partial charge in [0.1, 0.15) is 11.2 Å². The van der Waals surface area contributed by atoms with E-state index in [1.165, 1.54) is 0 Å². The molecule has 1 atom stereocenters. The molecule has 186 valence electrons. The number of carbonyl (C=O) groups excluding carboxylic acids is 2. The summed E-state index contributed by atoms with van der Waals surface area (Å²) in [6.45, 7) is 4.87. The number of carbonyl (C=O) groups is 2. The molecular formula is C27H33N3O4S. The average Bonchev–Trinajstić information content (AvgIpc) is 3.45. The summed E-state index contributed by atoms with van der Waals surface area (Å²) < 4.78 is 13.9. The summed E-state index contributed by atoms with van der Waals surface area (Å²) in [6, 6.07) is 9.76. The number of benzene rings is 1. The van der Waals surface area contributed by atoms with E-state index in [9.17, 15) is 9.59 Å². The van der Waals surface area contributed by atoms with Crippen molar-refractivity contribution in [3.63, 3.8) is 0 Å². The minimum Gasteiger partial charge on any atom is -0.493 e. The molecule has 1 saturated carbocycles. The van der Waals surface area contributed by atoms with Crippen molar-refractivity contribution in [1.29, 1.82) is 0 Å². The first kappa shape index (κ1) is 23.7. The molecular weight excluding hydrogens is 462 g/mol. The van der Waals surface area contributed by atoms with Crippen molar-refractivity contribution in [1.82, 2.24) is 14.8 Å². The van der Waals surface area contributed by atoms with Gasteiger partial charge in [0.15, 0.2) is 11.5 Å². The number of rotatable bonds is 6. The Kier molecular flexibility index (Phi) is 6.25. The third-order valence-electron chi connectivity index (χ3n) is 7.68. The summed E-state index contributed by atoms with van der Waals surface area (Å²) in [4.78, 5) is 29.5. The molecule has 1 fully saturated rings. The van der Waals surface area contributed by atoms with Crippen LogP contribution >= 0.6 is 11.3 Å². The molecule has 5 rings (SSSR count). The Morgan fingerprint density at radius 1 is 1.11 bits per heavy atom. The molecule has 0 radical (unpaired) electrons. The Bertz CT molecular complexity index is 1260. The minimum atomic E-state index is -1.03. The van der Waals surface area contributed by atoms with E-state index in [1.54, 1.807) is 30.5 Å². The van der Waals surface area contributed by atoms with Crippen molar-refractivity contribution in [3.8, 4) is 11.5 Å². The average molecular weight is 496 g/mol. The number of fused-ring (bicyclic) bond motifs is 3. The van der Waals surface area contributed by atoms with Crippen LogP contribution in [0.3, 0.4) is 0 Å². The lowest BCUT2D eigenvalue weighted by Gasteiger charge is -2.45. The van der Waals surface area contributed by atoms with Gasteiger partial charge in [-0.15, -0.1) is 11.3 Å². The molecule has 0 unspecified atom stereocenters. The normalized spacial score (nSPS) is 24.3. The molecule has 2 aliphatic rings. The number of aromatic nitrogens is 1. The molecule has 3 heterocycles. The molecule has 1 aliphatic carbocycles. The van der Waals surface area contributed by atoms with Crippen molar-refractivity contribution in [2.24, 2.45) is 5.92 Å². The number of amides is 2. The maximum Gasteiger partial charge on any atom is 0.271 e. The van der Waals surface area contributed by atoms with E-state index in [1.807, 2.05) is 47.2 Å². The fourth-order valence-electron chi connectivity index (χ4n) is 5.43. The maximum absolute atomic E-state index is 13.9. The second kappa shape index (κ2) is 9.22. The van der Waals surface area contributed by atoms with Gasteiger partial charge in [0.2, 0.25) is 5.91 Å². The molecule has 7 nitrogen and oxygen atoms in total. The highest BCUT2D eigenvalue weighted by atomic mass is 32.1. The first-order chi connectivity index (χ1) is 16.8. The predicted octanol–water partition coefficient (Wildman–Crippen LogP) is 4.83. The topological polar surface area (TPSA) is 72.8 Å². The van der Waals surface area contributed by atoms with Gasteiger partial charge in [-0.2, -0.15) is 0 Å². The first-order valence-corrected chi connectivity index (χ1v) is 13.1. The van der Waals surface area contributed by atoms with Crippen molar-refractivity contribution in [2.45, 2.75) is 64.2 Å². The third-order valence-corrected chi connectivity index (χ3v) is 8.53. The lowest BCUT2D eigenvalue weighted by Crippen LogP contribution is -2.64. The van der Waals surface area contributed by atoms with Crippen LogP contribution in [0.5, 0.6) is 11.5 Å². The lowest BCUT2D eigenvalue weighted by molar-refractivity contribution is -0.134. The van der Waals surface area contributed by atoms with Gasteiger partial charge in [-0.05, 0) is 73.7 Å². The van der Waals surface area contributed by atoms with Crippen LogP contribution in [0.1, 0.15) is 55.6 Å². The van der Waals surface area contributed by atoms with Crippen LogP contribution in [0.25, 0.3) is 10.2 Å². The Balaban J connectivity index is 1.50. The van der Waals surface area contributed by atoms with Crippen molar-refractivity contribution >= 4 is 33.4 Å². The summed E-state index contributed by atoms with van der Waals surface area (Å²) in [5.41, 5.74) is 1.48. The van der Waals surface area contributed by atoms with Crippen LogP contribution in [0.4, 0.5) is 0 Å². The summed E-state index contributed by atoms with van der Waals surface area (Å²) >= 11 is 1.61. The third kappa shape index (κ3) is 4.18. The van der Waals surface area contributed by atoms with Gasteiger partial charge in [-0.3, -0.25) is 9.59 Å². The molecule has 35 heavy (non-hydrogen) atoms. The summed E-state index contributed by atoms with van der Waals surface area (Å²) in [6.07, 6.45) is 4.20. The summed E-state index contributed by atoms with van der Waals surface area (Å²) in [5.74, 6) is 1.70. The number of nitrogens with zero attached hydrogens (tertiary/aromatic N) is 2. The van der Waals surface area contributed by atoms with E-state index in [0.29, 0.717) is 36.2 Å². The molecule has 1 aliphatic heterocycles. The molecule has 2 amide bonds. The van der Waals surface area contributed by atoms with Gasteiger partial charge in [-0.25, -0.2) is 0 Å². The van der Waals surface area contributed by atoms with Gasteiger partial charge in [-0.1, -0.05) is 13.0 Å². The quantitative estimate of drug-likeness (QED) is 0.532. The Hall–Kier alpha value is -3.00. The standard InChI is InChI=1S/C27H33N3O4S/c1-17-5-8-19(9-6-17)28-26(32)27(2)16-29-20-11-12-35-24(20)14-21(29)25(31)30(27)15-18-7-10-22(33-3)23(13-18)34-4/h7,10-14,17,19H,5-6,8-9,15-16H2,1-4H3,(H,28,32)/t17?,19?,27-/m1/s1. The van der Waals surface area contributed by atoms with E-state index in [4.69, 9.17) is 9.47 Å². The number of ether oxygens (including phenoxy) is 2. The SMILES string of the molecule is COc1ccc(CN2C(=O)c3cc4sccc4n3C[C@]2(C)C(=O)NC2CCC(C)CC2)cc1OC. The van der Waals surface area contributed by atoms with Gasteiger partial charge >= 0.3 is 0 Å². The van der Waals surface area contributed by atoms with Crippen molar-refractivity contribution in [2.75, 3.05) is 14.2 Å². The maximum atomic E-state index is 13.9. The van der Waals surface area contributed by atoms with Crippen molar-refractivity contribution in [3.05, 3.63) is 47.0 Å². The highest BCUT2D eigenvalue weighted by molar-refractivity contribution is 7.17. The number of methoxy groups -OCH3 is 2. The predicted molar refractivity (Wildman–Crippen MR) is 137 cm³/mol. The Labute approximate surface area is 210 Å². The van der Waals surface area contributed by atoms with E-state index >= 15 is 0 Å². The van der Waals surface area contributed by atoms with E-state index in [2.05, 4.69) is 12.2 Å².